The summed E-state index contributed by atoms with van der Waals surface area (Å²) in [5.41, 5.74) is 1.07. The van der Waals surface area contributed by atoms with Crippen molar-refractivity contribution in [1.29, 1.82) is 0 Å². The van der Waals surface area contributed by atoms with E-state index in [1.807, 2.05) is 12.1 Å². The van der Waals surface area contributed by atoms with Crippen molar-refractivity contribution >= 4 is 28.3 Å². The van der Waals surface area contributed by atoms with Crippen LogP contribution in [0.1, 0.15) is 11.6 Å². The summed E-state index contributed by atoms with van der Waals surface area (Å²) in [6.45, 7) is -0.137. The number of aromatic nitrogens is 1. The van der Waals surface area contributed by atoms with Crippen LogP contribution in [-0.4, -0.2) is 23.8 Å². The summed E-state index contributed by atoms with van der Waals surface area (Å²) < 4.78 is 19.3. The highest BCUT2D eigenvalue weighted by molar-refractivity contribution is 6.30. The standard InChI is InChI=1S/C18H16ClFN2O2/c1-24-15-8-4-12-5-9-16(22-18(12)17(15)20)21-14(10-23)11-2-6-13(19)7-3-11/h2-9,14,23H,10H2,1H3,(H,21,22). The number of aliphatic hydroxyl groups is 1. The molecular formula is C18H16ClFN2O2. The fourth-order valence-electron chi connectivity index (χ4n) is 2.48. The first-order chi connectivity index (χ1) is 11.6. The first-order valence-electron chi connectivity index (χ1n) is 7.38. The summed E-state index contributed by atoms with van der Waals surface area (Å²) in [5, 5.41) is 14.0. The van der Waals surface area contributed by atoms with Gasteiger partial charge in [-0.15, -0.1) is 0 Å². The first-order valence-corrected chi connectivity index (χ1v) is 7.76. The lowest BCUT2D eigenvalue weighted by atomic mass is 10.1. The molecule has 0 amide bonds. The van der Waals surface area contributed by atoms with Gasteiger partial charge in [0.15, 0.2) is 11.6 Å². The van der Waals surface area contributed by atoms with E-state index in [9.17, 15) is 9.50 Å². The lowest BCUT2D eigenvalue weighted by Gasteiger charge is -2.18. The zero-order valence-electron chi connectivity index (χ0n) is 13.0. The van der Waals surface area contributed by atoms with E-state index in [1.165, 1.54) is 7.11 Å². The van der Waals surface area contributed by atoms with Crippen molar-refractivity contribution in [3.8, 4) is 5.75 Å². The molecule has 0 aliphatic rings. The van der Waals surface area contributed by atoms with Crippen LogP contribution in [0.15, 0.2) is 48.5 Å². The molecule has 1 atom stereocenters. The third-order valence-electron chi connectivity index (χ3n) is 3.76. The number of pyridine rings is 1. The highest BCUT2D eigenvalue weighted by Gasteiger charge is 2.13. The summed E-state index contributed by atoms with van der Waals surface area (Å²) in [7, 11) is 1.41. The number of aliphatic hydroxyl groups excluding tert-OH is 1. The van der Waals surface area contributed by atoms with Gasteiger partial charge in [0.2, 0.25) is 0 Å². The molecule has 1 aromatic heterocycles. The van der Waals surface area contributed by atoms with E-state index in [-0.39, 0.29) is 23.9 Å². The van der Waals surface area contributed by atoms with Crippen molar-refractivity contribution in [3.63, 3.8) is 0 Å². The van der Waals surface area contributed by atoms with Gasteiger partial charge in [0.1, 0.15) is 11.3 Å². The Bertz CT molecular complexity index is 856. The summed E-state index contributed by atoms with van der Waals surface area (Å²) in [6.07, 6.45) is 0. The Balaban J connectivity index is 1.93. The molecular weight excluding hydrogens is 331 g/mol. The van der Waals surface area contributed by atoms with E-state index in [2.05, 4.69) is 10.3 Å². The minimum absolute atomic E-state index is 0.137. The fraction of sp³-hybridized carbons (Fsp3) is 0.167. The molecule has 1 unspecified atom stereocenters. The summed E-state index contributed by atoms with van der Waals surface area (Å²) >= 11 is 5.88. The second-order valence-corrected chi connectivity index (χ2v) is 5.72. The van der Waals surface area contributed by atoms with Gasteiger partial charge in [-0.25, -0.2) is 9.37 Å². The van der Waals surface area contributed by atoms with Gasteiger partial charge >= 0.3 is 0 Å². The zero-order valence-corrected chi connectivity index (χ0v) is 13.7. The van der Waals surface area contributed by atoms with E-state index in [1.54, 1.807) is 36.4 Å². The third kappa shape index (κ3) is 3.27. The van der Waals surface area contributed by atoms with Crippen LogP contribution < -0.4 is 10.1 Å². The molecule has 2 aromatic carbocycles. The largest absolute Gasteiger partial charge is 0.494 e. The smallest absolute Gasteiger partial charge is 0.191 e. The maximum atomic E-state index is 14.4. The Labute approximate surface area is 143 Å². The molecule has 0 saturated carbocycles. The van der Waals surface area contributed by atoms with E-state index in [0.29, 0.717) is 16.2 Å². The molecule has 4 nitrogen and oxygen atoms in total. The van der Waals surface area contributed by atoms with Gasteiger partial charge in [0.05, 0.1) is 19.8 Å². The normalized spacial score (nSPS) is 12.2. The summed E-state index contributed by atoms with van der Waals surface area (Å²) in [6, 6.07) is 13.6. The number of hydrogen-bond donors (Lipinski definition) is 2. The maximum Gasteiger partial charge on any atom is 0.191 e. The van der Waals surface area contributed by atoms with E-state index < -0.39 is 5.82 Å². The van der Waals surface area contributed by atoms with Crippen LogP contribution in [0.2, 0.25) is 5.02 Å². The molecule has 1 heterocycles. The summed E-state index contributed by atoms with van der Waals surface area (Å²) in [4.78, 5) is 4.31. The monoisotopic (exact) mass is 346 g/mol. The van der Waals surface area contributed by atoms with Gasteiger partial charge in [-0.2, -0.15) is 0 Å². The number of hydrogen-bond acceptors (Lipinski definition) is 4. The zero-order chi connectivity index (χ0) is 17.1. The molecule has 0 radical (unpaired) electrons. The number of anilines is 1. The molecule has 24 heavy (non-hydrogen) atoms. The van der Waals surface area contributed by atoms with Crippen molar-refractivity contribution in [3.05, 3.63) is 64.9 Å². The number of nitrogens with zero attached hydrogens (tertiary/aromatic N) is 1. The Morgan fingerprint density at radius 2 is 1.88 bits per heavy atom. The van der Waals surface area contributed by atoms with Crippen molar-refractivity contribution in [1.82, 2.24) is 4.98 Å². The van der Waals surface area contributed by atoms with Crippen molar-refractivity contribution in [2.45, 2.75) is 6.04 Å². The Kier molecular flexibility index (Phi) is 4.83. The van der Waals surface area contributed by atoms with Crippen LogP contribution in [0.3, 0.4) is 0 Å². The number of methoxy groups -OCH3 is 1. The van der Waals surface area contributed by atoms with Gasteiger partial charge in [-0.3, -0.25) is 0 Å². The predicted molar refractivity (Wildman–Crippen MR) is 93.2 cm³/mol. The minimum atomic E-state index is -0.509. The Hall–Kier alpha value is -2.37. The van der Waals surface area contributed by atoms with Crippen LogP contribution in [0.4, 0.5) is 10.2 Å². The quantitative estimate of drug-likeness (QED) is 0.727. The van der Waals surface area contributed by atoms with Gasteiger partial charge < -0.3 is 15.2 Å². The van der Waals surface area contributed by atoms with Gasteiger partial charge in [-0.1, -0.05) is 23.7 Å². The molecule has 0 aliphatic carbocycles. The predicted octanol–water partition coefficient (Wildman–Crippen LogP) is 4.18. The third-order valence-corrected chi connectivity index (χ3v) is 4.01. The van der Waals surface area contributed by atoms with Crippen LogP contribution in [0.5, 0.6) is 5.75 Å². The molecule has 0 spiro atoms. The first kappa shape index (κ1) is 16.5. The van der Waals surface area contributed by atoms with E-state index in [0.717, 1.165) is 5.56 Å². The molecule has 2 N–H and O–H groups in total. The molecule has 0 fully saturated rings. The van der Waals surface area contributed by atoms with Gasteiger partial charge in [-0.05, 0) is 42.0 Å². The molecule has 3 rings (SSSR count). The van der Waals surface area contributed by atoms with Crippen molar-refractivity contribution in [2.24, 2.45) is 0 Å². The van der Waals surface area contributed by atoms with Crippen LogP contribution in [-0.2, 0) is 0 Å². The van der Waals surface area contributed by atoms with Gasteiger partial charge in [0, 0.05) is 10.4 Å². The molecule has 3 aromatic rings. The number of rotatable bonds is 5. The molecule has 124 valence electrons. The Morgan fingerprint density at radius 1 is 1.17 bits per heavy atom. The number of halogens is 2. The SMILES string of the molecule is COc1ccc2ccc(NC(CO)c3ccc(Cl)cc3)nc2c1F. The maximum absolute atomic E-state index is 14.4. The minimum Gasteiger partial charge on any atom is -0.494 e. The molecule has 0 aliphatic heterocycles. The van der Waals surface area contributed by atoms with Crippen LogP contribution in [0, 0.1) is 5.82 Å². The topological polar surface area (TPSA) is 54.4 Å². The number of nitrogens with one attached hydrogen (secondary N) is 1. The Morgan fingerprint density at radius 3 is 2.54 bits per heavy atom. The van der Waals surface area contributed by atoms with Gasteiger partial charge in [0.25, 0.3) is 0 Å². The lowest BCUT2D eigenvalue weighted by molar-refractivity contribution is 0.276. The summed E-state index contributed by atoms with van der Waals surface area (Å²) in [5.74, 6) is 0.0953. The van der Waals surface area contributed by atoms with Crippen LogP contribution in [0.25, 0.3) is 10.9 Å². The highest BCUT2D eigenvalue weighted by Crippen LogP contribution is 2.27. The molecule has 0 saturated heterocycles. The highest BCUT2D eigenvalue weighted by atomic mass is 35.5. The van der Waals surface area contributed by atoms with Crippen LogP contribution >= 0.6 is 11.6 Å². The second-order valence-electron chi connectivity index (χ2n) is 5.28. The number of ether oxygens (including phenoxy) is 1. The van der Waals surface area contributed by atoms with Crippen molar-refractivity contribution in [2.75, 3.05) is 19.0 Å². The lowest BCUT2D eigenvalue weighted by Crippen LogP contribution is -2.15. The van der Waals surface area contributed by atoms with E-state index in [4.69, 9.17) is 16.3 Å². The van der Waals surface area contributed by atoms with Crippen molar-refractivity contribution < 1.29 is 14.2 Å². The number of benzene rings is 2. The van der Waals surface area contributed by atoms with E-state index >= 15 is 0 Å². The molecule has 6 heteroatoms. The second kappa shape index (κ2) is 7.03. The molecule has 0 bridgehead atoms. The average molecular weight is 347 g/mol. The fourth-order valence-corrected chi connectivity index (χ4v) is 2.61. The number of fused-ring (bicyclic) bond motifs is 1. The average Bonchev–Trinajstić information content (AvgIpc) is 2.61.